The van der Waals surface area contributed by atoms with Crippen molar-refractivity contribution in [2.75, 3.05) is 15.4 Å². The molecule has 0 aliphatic carbocycles. The van der Waals surface area contributed by atoms with E-state index in [-0.39, 0.29) is 21.7 Å². The van der Waals surface area contributed by atoms with Crippen LogP contribution >= 0.6 is 11.8 Å². The molecule has 1 aliphatic heterocycles. The van der Waals surface area contributed by atoms with Gasteiger partial charge in [-0.25, -0.2) is 8.42 Å². The fourth-order valence-corrected chi connectivity index (χ4v) is 4.97. The van der Waals surface area contributed by atoms with Crippen LogP contribution in [0.1, 0.15) is 17.3 Å². The number of H-pyrrole nitrogens is 1. The van der Waals surface area contributed by atoms with Gasteiger partial charge in [-0.2, -0.15) is 0 Å². The number of hydrogen-bond acceptors (Lipinski definition) is 6. The summed E-state index contributed by atoms with van der Waals surface area (Å²) in [5.74, 6) is -0.520. The van der Waals surface area contributed by atoms with Gasteiger partial charge in [-0.3, -0.25) is 19.1 Å². The second kappa shape index (κ2) is 8.52. The van der Waals surface area contributed by atoms with Gasteiger partial charge in [0.15, 0.2) is 0 Å². The Morgan fingerprint density at radius 1 is 1.00 bits per heavy atom. The van der Waals surface area contributed by atoms with Crippen LogP contribution < -0.4 is 20.9 Å². The monoisotopic (exact) mass is 470 g/mol. The molecule has 32 heavy (non-hydrogen) atoms. The molecule has 11 heteroatoms. The van der Waals surface area contributed by atoms with E-state index in [1.54, 1.807) is 18.2 Å². The number of sulfonamides is 1. The SMILES string of the molecule is C[C@H]1Sc2ccc(C(=O)Nc3ccc(S(=O)(=O)Nc4cc[nH]c(=O)c4)cc3)cc2NC1=O. The number of amides is 2. The van der Waals surface area contributed by atoms with Crippen LogP contribution in [0.3, 0.4) is 0 Å². The van der Waals surface area contributed by atoms with Crippen LogP contribution in [0, 0.1) is 0 Å². The van der Waals surface area contributed by atoms with Crippen molar-refractivity contribution >= 4 is 50.7 Å². The van der Waals surface area contributed by atoms with Crippen molar-refractivity contribution in [1.82, 2.24) is 4.98 Å². The van der Waals surface area contributed by atoms with Crippen LogP contribution in [0.25, 0.3) is 0 Å². The zero-order valence-electron chi connectivity index (χ0n) is 16.7. The van der Waals surface area contributed by atoms with Gasteiger partial charge < -0.3 is 15.6 Å². The average molecular weight is 471 g/mol. The van der Waals surface area contributed by atoms with Crippen molar-refractivity contribution in [3.8, 4) is 0 Å². The highest BCUT2D eigenvalue weighted by atomic mass is 32.2. The van der Waals surface area contributed by atoms with Crippen LogP contribution in [0.15, 0.2) is 75.4 Å². The summed E-state index contributed by atoms with van der Waals surface area (Å²) < 4.78 is 27.3. The Hall–Kier alpha value is -3.57. The molecule has 0 saturated carbocycles. The van der Waals surface area contributed by atoms with Gasteiger partial charge in [0.1, 0.15) is 0 Å². The summed E-state index contributed by atoms with van der Waals surface area (Å²) in [6.45, 7) is 1.81. The zero-order chi connectivity index (χ0) is 22.9. The predicted octanol–water partition coefficient (Wildman–Crippen LogP) is 2.86. The van der Waals surface area contributed by atoms with Crippen molar-refractivity contribution in [1.29, 1.82) is 0 Å². The molecule has 9 nitrogen and oxygen atoms in total. The topological polar surface area (TPSA) is 137 Å². The van der Waals surface area contributed by atoms with E-state index in [4.69, 9.17) is 0 Å². The lowest BCUT2D eigenvalue weighted by atomic mass is 10.1. The Bertz CT molecular complexity index is 1370. The number of anilines is 3. The first-order valence-electron chi connectivity index (χ1n) is 9.46. The van der Waals surface area contributed by atoms with E-state index < -0.39 is 21.5 Å². The van der Waals surface area contributed by atoms with Crippen LogP contribution in [-0.4, -0.2) is 30.5 Å². The average Bonchev–Trinajstić information content (AvgIpc) is 2.74. The summed E-state index contributed by atoms with van der Waals surface area (Å²) >= 11 is 1.42. The minimum atomic E-state index is -3.91. The second-order valence-corrected chi connectivity index (χ2v) is 10.1. The van der Waals surface area contributed by atoms with Gasteiger partial charge in [0.05, 0.1) is 21.5 Å². The molecule has 3 aromatic rings. The lowest BCUT2D eigenvalue weighted by molar-refractivity contribution is -0.115. The van der Waals surface area contributed by atoms with Crippen LogP contribution in [0.5, 0.6) is 0 Å². The van der Waals surface area contributed by atoms with Gasteiger partial charge >= 0.3 is 0 Å². The van der Waals surface area contributed by atoms with E-state index in [9.17, 15) is 22.8 Å². The predicted molar refractivity (Wildman–Crippen MR) is 123 cm³/mol. The standard InChI is InChI=1S/C21H18N4O5S2/c1-12-20(27)24-17-10-13(2-7-18(17)31-12)21(28)23-14-3-5-16(6-4-14)32(29,30)25-15-8-9-22-19(26)11-15/h2-12H,1H3,(H,23,28)(H,24,27)(H2,22,25,26)/t12-/m1/s1. The number of fused-ring (bicyclic) bond motifs is 1. The van der Waals surface area contributed by atoms with Crippen LogP contribution in [0.2, 0.25) is 0 Å². The Morgan fingerprint density at radius 3 is 2.47 bits per heavy atom. The maximum absolute atomic E-state index is 12.6. The van der Waals surface area contributed by atoms with E-state index in [1.165, 1.54) is 48.3 Å². The molecule has 1 atom stereocenters. The normalized spacial score (nSPS) is 15.4. The Morgan fingerprint density at radius 2 is 1.75 bits per heavy atom. The number of thioether (sulfide) groups is 1. The first-order valence-corrected chi connectivity index (χ1v) is 11.8. The highest BCUT2D eigenvalue weighted by molar-refractivity contribution is 8.01. The lowest BCUT2D eigenvalue weighted by Gasteiger charge is -2.21. The molecule has 4 rings (SSSR count). The summed E-state index contributed by atoms with van der Waals surface area (Å²) in [7, 11) is -3.91. The number of benzene rings is 2. The third kappa shape index (κ3) is 4.68. The first kappa shape index (κ1) is 21.7. The molecule has 0 radical (unpaired) electrons. The molecule has 1 aliphatic rings. The smallest absolute Gasteiger partial charge is 0.261 e. The van der Waals surface area contributed by atoms with Gasteiger partial charge in [-0.05, 0) is 55.5 Å². The molecule has 2 amide bonds. The molecule has 0 spiro atoms. The van der Waals surface area contributed by atoms with Gasteiger partial charge in [0.2, 0.25) is 11.5 Å². The molecule has 164 valence electrons. The molecule has 0 fully saturated rings. The summed E-state index contributed by atoms with van der Waals surface area (Å²) in [6, 6.07) is 13.2. The zero-order valence-corrected chi connectivity index (χ0v) is 18.3. The van der Waals surface area contributed by atoms with E-state index in [0.29, 0.717) is 16.9 Å². The molecular formula is C21H18N4O5S2. The van der Waals surface area contributed by atoms with Crippen molar-refractivity contribution in [2.24, 2.45) is 0 Å². The third-order valence-corrected chi connectivity index (χ3v) is 7.20. The Balaban J connectivity index is 1.47. The molecule has 0 bridgehead atoms. The molecule has 1 aromatic heterocycles. The number of carbonyl (C=O) groups excluding carboxylic acids is 2. The van der Waals surface area contributed by atoms with Crippen molar-refractivity contribution in [3.05, 3.63) is 76.7 Å². The number of pyridine rings is 1. The molecule has 2 aromatic carbocycles. The fourth-order valence-electron chi connectivity index (χ4n) is 2.99. The van der Waals surface area contributed by atoms with Crippen LogP contribution in [-0.2, 0) is 14.8 Å². The summed E-state index contributed by atoms with van der Waals surface area (Å²) in [5, 5.41) is 5.28. The first-order chi connectivity index (χ1) is 15.2. The summed E-state index contributed by atoms with van der Waals surface area (Å²) in [5.41, 5.74) is 1.04. The van der Waals surface area contributed by atoms with Crippen molar-refractivity contribution < 1.29 is 18.0 Å². The highest BCUT2D eigenvalue weighted by Gasteiger charge is 2.24. The number of nitrogens with one attached hydrogen (secondary N) is 4. The largest absolute Gasteiger partial charge is 0.329 e. The van der Waals surface area contributed by atoms with Crippen molar-refractivity contribution in [3.63, 3.8) is 0 Å². The van der Waals surface area contributed by atoms with Gasteiger partial charge in [-0.1, -0.05) is 0 Å². The lowest BCUT2D eigenvalue weighted by Crippen LogP contribution is -2.26. The second-order valence-electron chi connectivity index (χ2n) is 6.99. The minimum Gasteiger partial charge on any atom is -0.329 e. The molecular weight excluding hydrogens is 452 g/mol. The maximum Gasteiger partial charge on any atom is 0.261 e. The minimum absolute atomic E-state index is 0.0292. The summed E-state index contributed by atoms with van der Waals surface area (Å²) in [6.07, 6.45) is 1.34. The summed E-state index contributed by atoms with van der Waals surface area (Å²) in [4.78, 5) is 39.1. The molecule has 0 saturated heterocycles. The van der Waals surface area contributed by atoms with E-state index >= 15 is 0 Å². The third-order valence-electron chi connectivity index (χ3n) is 4.62. The fraction of sp³-hybridized carbons (Fsp3) is 0.0952. The van der Waals surface area contributed by atoms with E-state index in [2.05, 4.69) is 20.3 Å². The van der Waals surface area contributed by atoms with Gasteiger partial charge in [-0.15, -0.1) is 11.8 Å². The Kier molecular flexibility index (Phi) is 5.76. The van der Waals surface area contributed by atoms with Gasteiger partial charge in [0, 0.05) is 28.4 Å². The number of carbonyl (C=O) groups is 2. The van der Waals surface area contributed by atoms with Gasteiger partial charge in [0.25, 0.3) is 15.9 Å². The number of aromatic amines is 1. The Labute approximate surface area is 187 Å². The van der Waals surface area contributed by atoms with Crippen molar-refractivity contribution in [2.45, 2.75) is 22.0 Å². The van der Waals surface area contributed by atoms with E-state index in [1.807, 2.05) is 6.92 Å². The van der Waals surface area contributed by atoms with Crippen LogP contribution in [0.4, 0.5) is 17.1 Å². The highest BCUT2D eigenvalue weighted by Crippen LogP contribution is 2.36. The molecule has 4 N–H and O–H groups in total. The molecule has 2 heterocycles. The van der Waals surface area contributed by atoms with E-state index in [0.717, 1.165) is 11.0 Å². The molecule has 0 unspecified atom stereocenters. The maximum atomic E-state index is 12.6. The number of aromatic nitrogens is 1. The quantitative estimate of drug-likeness (QED) is 0.453. The number of hydrogen-bond donors (Lipinski definition) is 4. The number of rotatable bonds is 5.